The van der Waals surface area contributed by atoms with E-state index < -0.39 is 125 Å². The van der Waals surface area contributed by atoms with Crippen molar-refractivity contribution < 1.29 is 237 Å². The van der Waals surface area contributed by atoms with Crippen LogP contribution < -0.4 is 172 Å². The fraction of sp³-hybridized carbons (Fsp3) is 0. The molecular formula is H68Mo7N17O32P. The predicted molar refractivity (Wildman–Crippen MR) is 119 cm³/mol. The van der Waals surface area contributed by atoms with Gasteiger partial charge in [0.05, 0.1) is 0 Å². The van der Waals surface area contributed by atoms with E-state index in [1.807, 2.05) is 0 Å². The standard InChI is InChI=1S/7Mo.17H3N.H3O4P.28O/c;;;;;;;;;;;;;;;;;;;;;;;;1-5(2,3)4;;;;;;;;;;;;;;;;;;;;;;;;;;;;/h;;;;;;;17*1H3;(H3,1,2,3,4);;;;;;;;;;;;;;;;;;;;;;;;;;;;/q;;;;;;;;;;;;;;;;;;;;;;;;;;;;;;;;;;;;;;;14*-1/p+14. The molecule has 0 aromatic rings. The summed E-state index contributed by atoms with van der Waals surface area (Å²) in [4.78, 5) is 25.6. The monoisotopic (exact) mass is 1530 g/mol. The minimum absolute atomic E-state index is 0. The average molecular weight is 1520 g/mol. The van der Waals surface area contributed by atoms with Gasteiger partial charge in [0.1, 0.15) is 0 Å². The van der Waals surface area contributed by atoms with Gasteiger partial charge in [-0.05, 0) is 0 Å². The van der Waals surface area contributed by atoms with Gasteiger partial charge >= 0.3 is 217 Å². The number of hydrogen-bond donors (Lipinski definition) is 17. The molecule has 0 atom stereocenters. The SMILES string of the molecule is O=P([O-])([O-])[O-].[NH4+].[NH4+].[NH4+].[NH4+].[NH4+].[NH4+].[NH4+].[NH4+].[NH4+].[NH4+].[NH4+].[NH4+].[NH4+].[NH4+].[NH4+].[NH4+].[NH4+].[O]=[Mo](=[O])([O-])[O-].[O]=[Mo](=[O])([O-])[O-].[O]=[Mo](=[O])([O-])[O-].[O]=[Mo](=[O])([O-])[O-].[O]=[Mo](=[O])([O-])[O-].[O]=[Mo](=[O])([O-])[O-].[O]=[Mo](=[O])([O-])[O-]. The maximum absolute atomic E-state index is 8.63. The van der Waals surface area contributed by atoms with Crippen molar-refractivity contribution in [3.63, 3.8) is 0 Å². The average Bonchev–Trinajstić information content (AvgIpc) is 2.16. The zero-order valence-electron chi connectivity index (χ0n) is 33.4. The number of phosphoric acid groups is 1. The molecule has 57 heteroatoms. The van der Waals surface area contributed by atoms with Crippen molar-refractivity contribution in [3.05, 3.63) is 0 Å². The zero-order valence-corrected chi connectivity index (χ0v) is 48.3. The Kier molecular flexibility index (Phi) is 226. The second kappa shape index (κ2) is 74.3. The molecule has 0 rings (SSSR count). The summed E-state index contributed by atoms with van der Waals surface area (Å²) in [5.74, 6) is 0. The van der Waals surface area contributed by atoms with Gasteiger partial charge in [0.15, 0.2) is 0 Å². The third kappa shape index (κ3) is 217000. The Morgan fingerprint density at radius 1 is 0.193 bits per heavy atom. The van der Waals surface area contributed by atoms with Crippen LogP contribution in [0.25, 0.3) is 0 Å². The molecule has 0 aromatic heterocycles. The van der Waals surface area contributed by atoms with Gasteiger partial charge in [0.2, 0.25) is 0 Å². The van der Waals surface area contributed by atoms with Crippen LogP contribution in [0.4, 0.5) is 0 Å². The molecule has 0 spiro atoms. The van der Waals surface area contributed by atoms with E-state index in [-0.39, 0.29) is 105 Å². The Morgan fingerprint density at radius 2 is 0.193 bits per heavy atom. The van der Waals surface area contributed by atoms with E-state index in [4.69, 9.17) is 119 Å². The van der Waals surface area contributed by atoms with Crippen molar-refractivity contribution in [2.45, 2.75) is 0 Å². The fourth-order valence-corrected chi connectivity index (χ4v) is 0. The summed E-state index contributed by atoms with van der Waals surface area (Å²) in [6.07, 6.45) is 0. The first kappa shape index (κ1) is 173. The van der Waals surface area contributed by atoms with Crippen molar-refractivity contribution in [1.29, 1.82) is 0 Å². The molecule has 57 heavy (non-hydrogen) atoms. The van der Waals surface area contributed by atoms with Crippen LogP contribution in [0.2, 0.25) is 0 Å². The number of hydrogen-bond acceptors (Lipinski definition) is 32. The third-order valence-corrected chi connectivity index (χ3v) is 0. The van der Waals surface area contributed by atoms with Crippen LogP contribution >= 0.6 is 7.82 Å². The molecular weight excluding hydrogens is 1450 g/mol. The molecule has 0 saturated carbocycles. The molecule has 0 heterocycles. The van der Waals surface area contributed by atoms with E-state index in [1.165, 1.54) is 0 Å². The summed E-state index contributed by atoms with van der Waals surface area (Å²) in [6, 6.07) is 0. The molecule has 0 bridgehead atoms. The van der Waals surface area contributed by atoms with Gasteiger partial charge in [-0.25, -0.2) is 0 Å². The summed E-state index contributed by atoms with van der Waals surface area (Å²) in [6.45, 7) is 0. The van der Waals surface area contributed by atoms with E-state index in [0.29, 0.717) is 0 Å². The van der Waals surface area contributed by atoms with Gasteiger partial charge < -0.3 is 124 Å². The fourth-order valence-electron chi connectivity index (χ4n) is 0. The maximum atomic E-state index is 8.63. The van der Waals surface area contributed by atoms with Crippen molar-refractivity contribution in [2.24, 2.45) is 0 Å². The van der Waals surface area contributed by atoms with E-state index in [0.717, 1.165) is 0 Å². The van der Waals surface area contributed by atoms with E-state index in [1.54, 1.807) is 0 Å². The quantitative estimate of drug-likeness (QED) is 0.0791. The molecule has 0 fully saturated rings. The van der Waals surface area contributed by atoms with Gasteiger partial charge in [-0.15, -0.1) is 0 Å². The summed E-state index contributed by atoms with van der Waals surface area (Å²) in [5.41, 5.74) is 0. The Labute approximate surface area is 345 Å². The molecule has 392 valence electrons. The van der Waals surface area contributed by atoms with Crippen molar-refractivity contribution in [1.82, 2.24) is 105 Å². The molecule has 0 unspecified atom stereocenters. The van der Waals surface area contributed by atoms with E-state index >= 15 is 0 Å². The summed E-state index contributed by atoms with van der Waals surface area (Å²) >= 11 is -42.1. The first-order valence-electron chi connectivity index (χ1n) is 5.40. The molecule has 0 radical (unpaired) electrons. The van der Waals surface area contributed by atoms with Gasteiger partial charge in [-0.2, -0.15) is 7.82 Å². The molecule has 0 aliphatic carbocycles. The van der Waals surface area contributed by atoms with Crippen LogP contribution in [0, 0.1) is 0 Å². The molecule has 0 saturated heterocycles. The molecule has 0 aromatic carbocycles. The van der Waals surface area contributed by atoms with Gasteiger partial charge in [-0.3, -0.25) is 0 Å². The topological polar surface area (TPSA) is 1270 Å². The Morgan fingerprint density at radius 3 is 0.193 bits per heavy atom. The van der Waals surface area contributed by atoms with Crippen molar-refractivity contribution >= 4 is 7.82 Å². The predicted octanol–water partition coefficient (Wildman–Crippen LogP) is -14.8. The summed E-state index contributed by atoms with van der Waals surface area (Å²) in [5, 5.41) is 0. The zero-order chi connectivity index (χ0) is 36.0. The van der Waals surface area contributed by atoms with Crippen molar-refractivity contribution in [3.8, 4) is 0 Å². The Balaban J connectivity index is -0.00000000856. The molecule has 0 aliphatic rings. The second-order valence-electron chi connectivity index (χ2n) is 3.30. The summed E-state index contributed by atoms with van der Waals surface area (Å²) in [7, 11) is -5.39. The Bertz CT molecular complexity index is 1100. The van der Waals surface area contributed by atoms with Gasteiger partial charge in [0, 0.05) is 0 Å². The van der Waals surface area contributed by atoms with Crippen LogP contribution in [0.1, 0.15) is 0 Å². The van der Waals surface area contributed by atoms with Gasteiger partial charge in [-0.1, -0.05) is 0 Å². The molecule has 0 amide bonds. The normalized spacial score (nSPS) is 8.16. The van der Waals surface area contributed by atoms with E-state index in [9.17, 15) is 0 Å². The minimum atomic E-state index is -6.02. The molecule has 49 nitrogen and oxygen atoms in total. The third-order valence-electron chi connectivity index (χ3n) is 0. The van der Waals surface area contributed by atoms with Crippen molar-refractivity contribution in [2.75, 3.05) is 0 Å². The van der Waals surface area contributed by atoms with Crippen LogP contribution in [-0.2, 0) is 169 Å². The van der Waals surface area contributed by atoms with Crippen LogP contribution in [0.15, 0.2) is 0 Å². The first-order chi connectivity index (χ1) is 16.0. The number of rotatable bonds is 0. The number of quaternary nitrogens is 17. The second-order valence-corrected chi connectivity index (χ2v) is 18.2. The van der Waals surface area contributed by atoms with Crippen LogP contribution in [-0.4, -0.2) is 0 Å². The van der Waals surface area contributed by atoms with Crippen LogP contribution in [0.3, 0.4) is 0 Å². The first-order valence-corrected chi connectivity index (χ1v) is 29.8. The molecule has 0 aliphatic heterocycles. The van der Waals surface area contributed by atoms with E-state index in [2.05, 4.69) is 0 Å². The summed E-state index contributed by atoms with van der Waals surface area (Å²) < 4.78 is 250. The molecule has 68 N–H and O–H groups in total. The van der Waals surface area contributed by atoms with Crippen LogP contribution in [0.5, 0.6) is 0 Å². The Hall–Kier alpha value is 0.888. The van der Waals surface area contributed by atoms with Gasteiger partial charge in [0.25, 0.3) is 0 Å².